The molecule has 1 atom stereocenters. The SMILES string of the molecule is COC(=O)C(c1ccccc1Cl)N1CCN(c2cc(Cl)nc(C)n2)CC1. The van der Waals surface area contributed by atoms with E-state index in [-0.39, 0.29) is 5.97 Å². The number of anilines is 1. The highest BCUT2D eigenvalue weighted by molar-refractivity contribution is 6.31. The molecule has 1 unspecified atom stereocenters. The van der Waals surface area contributed by atoms with Crippen LogP contribution in [0, 0.1) is 6.92 Å². The number of methoxy groups -OCH3 is 1. The third-order valence-electron chi connectivity index (χ3n) is 4.42. The molecule has 138 valence electrons. The molecule has 26 heavy (non-hydrogen) atoms. The van der Waals surface area contributed by atoms with Gasteiger partial charge in [-0.25, -0.2) is 14.8 Å². The fraction of sp³-hybridized carbons (Fsp3) is 0.389. The van der Waals surface area contributed by atoms with E-state index in [0.717, 1.165) is 11.4 Å². The van der Waals surface area contributed by atoms with Gasteiger partial charge in [0, 0.05) is 37.3 Å². The minimum absolute atomic E-state index is 0.313. The number of nitrogens with zero attached hydrogens (tertiary/aromatic N) is 4. The smallest absolute Gasteiger partial charge is 0.327 e. The zero-order chi connectivity index (χ0) is 18.7. The second kappa shape index (κ2) is 8.20. The van der Waals surface area contributed by atoms with Crippen LogP contribution in [0.25, 0.3) is 0 Å². The maximum absolute atomic E-state index is 12.4. The van der Waals surface area contributed by atoms with E-state index < -0.39 is 6.04 Å². The second-order valence-electron chi connectivity index (χ2n) is 6.07. The van der Waals surface area contributed by atoms with E-state index in [1.54, 1.807) is 12.1 Å². The van der Waals surface area contributed by atoms with Crippen molar-refractivity contribution in [2.45, 2.75) is 13.0 Å². The summed E-state index contributed by atoms with van der Waals surface area (Å²) >= 11 is 12.4. The molecule has 8 heteroatoms. The normalized spacial score (nSPS) is 16.4. The lowest BCUT2D eigenvalue weighted by atomic mass is 10.0. The van der Waals surface area contributed by atoms with Crippen molar-refractivity contribution in [3.63, 3.8) is 0 Å². The maximum atomic E-state index is 12.4. The van der Waals surface area contributed by atoms with Crippen LogP contribution in [0.1, 0.15) is 17.4 Å². The van der Waals surface area contributed by atoms with Crippen LogP contribution in [0.4, 0.5) is 5.82 Å². The van der Waals surface area contributed by atoms with Gasteiger partial charge in [0.2, 0.25) is 0 Å². The largest absolute Gasteiger partial charge is 0.468 e. The van der Waals surface area contributed by atoms with E-state index in [9.17, 15) is 4.79 Å². The van der Waals surface area contributed by atoms with Crippen LogP contribution < -0.4 is 4.90 Å². The lowest BCUT2D eigenvalue weighted by molar-refractivity contribution is -0.147. The average Bonchev–Trinajstić information content (AvgIpc) is 2.63. The van der Waals surface area contributed by atoms with E-state index in [0.29, 0.717) is 42.2 Å². The number of hydrogen-bond acceptors (Lipinski definition) is 6. The molecule has 1 aliphatic rings. The molecule has 6 nitrogen and oxygen atoms in total. The van der Waals surface area contributed by atoms with Gasteiger partial charge in [-0.3, -0.25) is 4.90 Å². The fourth-order valence-electron chi connectivity index (χ4n) is 3.17. The van der Waals surface area contributed by atoms with Gasteiger partial charge in [0.1, 0.15) is 22.8 Å². The molecule has 1 saturated heterocycles. The van der Waals surface area contributed by atoms with Crippen molar-refractivity contribution in [3.05, 3.63) is 51.9 Å². The molecule has 1 aromatic carbocycles. The van der Waals surface area contributed by atoms with Gasteiger partial charge in [-0.15, -0.1) is 0 Å². The molecule has 1 aliphatic heterocycles. The summed E-state index contributed by atoms with van der Waals surface area (Å²) in [5, 5.41) is 0.988. The Hall–Kier alpha value is -1.89. The molecule has 0 spiro atoms. The van der Waals surface area contributed by atoms with Gasteiger partial charge in [-0.05, 0) is 18.6 Å². The molecular formula is C18H20Cl2N4O2. The van der Waals surface area contributed by atoms with Crippen LogP contribution in [-0.4, -0.2) is 54.1 Å². The van der Waals surface area contributed by atoms with Crippen LogP contribution >= 0.6 is 23.2 Å². The number of ether oxygens (including phenoxy) is 1. The van der Waals surface area contributed by atoms with Crippen molar-refractivity contribution in [1.29, 1.82) is 0 Å². The second-order valence-corrected chi connectivity index (χ2v) is 6.86. The van der Waals surface area contributed by atoms with Crippen molar-refractivity contribution >= 4 is 35.0 Å². The number of aromatic nitrogens is 2. The van der Waals surface area contributed by atoms with E-state index in [1.807, 2.05) is 25.1 Å². The summed E-state index contributed by atoms with van der Waals surface area (Å²) in [6.07, 6.45) is 0. The number of esters is 1. The Morgan fingerprint density at radius 2 is 1.85 bits per heavy atom. The molecule has 0 N–H and O–H groups in total. The Bertz CT molecular complexity index is 774. The molecule has 0 saturated carbocycles. The van der Waals surface area contributed by atoms with Gasteiger partial charge in [0.25, 0.3) is 0 Å². The van der Waals surface area contributed by atoms with Gasteiger partial charge in [-0.2, -0.15) is 0 Å². The van der Waals surface area contributed by atoms with Gasteiger partial charge in [-0.1, -0.05) is 41.4 Å². The predicted molar refractivity (Wildman–Crippen MR) is 102 cm³/mol. The third kappa shape index (κ3) is 4.09. The predicted octanol–water partition coefficient (Wildman–Crippen LogP) is 3.13. The van der Waals surface area contributed by atoms with Crippen molar-refractivity contribution in [1.82, 2.24) is 14.9 Å². The van der Waals surface area contributed by atoms with Crippen LogP contribution in [0.15, 0.2) is 30.3 Å². The molecule has 0 amide bonds. The summed E-state index contributed by atoms with van der Waals surface area (Å²) in [6.45, 7) is 4.59. The summed E-state index contributed by atoms with van der Waals surface area (Å²) < 4.78 is 5.03. The number of carbonyl (C=O) groups is 1. The van der Waals surface area contributed by atoms with E-state index in [1.165, 1.54) is 7.11 Å². The Labute approximate surface area is 162 Å². The Morgan fingerprint density at radius 3 is 2.46 bits per heavy atom. The van der Waals surface area contributed by atoms with Gasteiger partial charge in [0.15, 0.2) is 0 Å². The number of piperazine rings is 1. The van der Waals surface area contributed by atoms with E-state index in [4.69, 9.17) is 27.9 Å². The molecule has 2 heterocycles. The van der Waals surface area contributed by atoms with Crippen LogP contribution in [0.2, 0.25) is 10.2 Å². The highest BCUT2D eigenvalue weighted by Gasteiger charge is 2.32. The Morgan fingerprint density at radius 1 is 1.15 bits per heavy atom. The molecular weight excluding hydrogens is 375 g/mol. The first kappa shape index (κ1) is 18.9. The minimum atomic E-state index is -0.522. The number of carbonyl (C=O) groups excluding carboxylic acids is 1. The minimum Gasteiger partial charge on any atom is -0.468 e. The standard InChI is InChI=1S/C18H20Cl2N4O2/c1-12-21-15(20)11-16(22-12)23-7-9-24(10-8-23)17(18(25)26-2)13-5-3-4-6-14(13)19/h3-6,11,17H,7-10H2,1-2H3. The number of halogens is 2. The van der Waals surface area contributed by atoms with Crippen molar-refractivity contribution in [2.75, 3.05) is 38.2 Å². The molecule has 1 aromatic heterocycles. The Kier molecular flexibility index (Phi) is 5.96. The van der Waals surface area contributed by atoms with E-state index in [2.05, 4.69) is 19.8 Å². The molecule has 0 aliphatic carbocycles. The number of aryl methyl sites for hydroxylation is 1. The molecule has 1 fully saturated rings. The average molecular weight is 395 g/mol. The summed E-state index contributed by atoms with van der Waals surface area (Å²) in [5.41, 5.74) is 0.760. The first-order valence-corrected chi connectivity index (χ1v) is 9.07. The van der Waals surface area contributed by atoms with Crippen LogP contribution in [0.3, 0.4) is 0 Å². The monoisotopic (exact) mass is 394 g/mol. The lowest BCUT2D eigenvalue weighted by Gasteiger charge is -2.39. The summed E-state index contributed by atoms with van der Waals surface area (Å²) in [5.74, 6) is 1.13. The van der Waals surface area contributed by atoms with Crippen LogP contribution in [-0.2, 0) is 9.53 Å². The van der Waals surface area contributed by atoms with Crippen molar-refractivity contribution in [3.8, 4) is 0 Å². The third-order valence-corrected chi connectivity index (χ3v) is 4.96. The quantitative estimate of drug-likeness (QED) is 0.586. The maximum Gasteiger partial charge on any atom is 0.327 e. The zero-order valence-electron chi connectivity index (χ0n) is 14.7. The number of hydrogen-bond donors (Lipinski definition) is 0. The first-order valence-electron chi connectivity index (χ1n) is 8.32. The molecule has 2 aromatic rings. The van der Waals surface area contributed by atoms with Crippen LogP contribution in [0.5, 0.6) is 0 Å². The summed E-state index contributed by atoms with van der Waals surface area (Å²) in [6, 6.07) is 8.61. The highest BCUT2D eigenvalue weighted by atomic mass is 35.5. The zero-order valence-corrected chi connectivity index (χ0v) is 16.2. The van der Waals surface area contributed by atoms with Crippen molar-refractivity contribution < 1.29 is 9.53 Å². The first-order chi connectivity index (χ1) is 12.5. The van der Waals surface area contributed by atoms with E-state index >= 15 is 0 Å². The molecule has 0 bridgehead atoms. The van der Waals surface area contributed by atoms with Gasteiger partial charge < -0.3 is 9.64 Å². The highest BCUT2D eigenvalue weighted by Crippen LogP contribution is 2.30. The fourth-order valence-corrected chi connectivity index (χ4v) is 3.63. The Balaban J connectivity index is 1.78. The summed E-state index contributed by atoms with van der Waals surface area (Å²) in [7, 11) is 1.40. The summed E-state index contributed by atoms with van der Waals surface area (Å²) in [4.78, 5) is 25.2. The van der Waals surface area contributed by atoms with Gasteiger partial charge >= 0.3 is 5.97 Å². The lowest BCUT2D eigenvalue weighted by Crippen LogP contribution is -2.49. The topological polar surface area (TPSA) is 58.6 Å². The number of rotatable bonds is 4. The molecule has 0 radical (unpaired) electrons. The van der Waals surface area contributed by atoms with Gasteiger partial charge in [0.05, 0.1) is 7.11 Å². The van der Waals surface area contributed by atoms with Crippen molar-refractivity contribution in [2.24, 2.45) is 0 Å². The number of benzene rings is 1. The molecule has 3 rings (SSSR count).